The molecule has 8 heteroatoms. The lowest BCUT2D eigenvalue weighted by Crippen LogP contribution is -2.30. The zero-order valence-electron chi connectivity index (χ0n) is 15.8. The molecule has 1 amide bonds. The lowest BCUT2D eigenvalue weighted by Gasteiger charge is -2.15. The molecule has 0 bridgehead atoms. The van der Waals surface area contributed by atoms with Crippen LogP contribution in [0.25, 0.3) is 0 Å². The van der Waals surface area contributed by atoms with Gasteiger partial charge in [-0.3, -0.25) is 9.59 Å². The van der Waals surface area contributed by atoms with Crippen LogP contribution in [0, 0.1) is 0 Å². The van der Waals surface area contributed by atoms with Crippen LogP contribution in [0.15, 0.2) is 36.4 Å². The number of carbonyl (C=O) groups excluding carboxylic acids is 2. The number of amides is 1. The molecular weight excluding hydrogens is 386 g/mol. The predicted molar refractivity (Wildman–Crippen MR) is 105 cm³/mol. The summed E-state index contributed by atoms with van der Waals surface area (Å²) in [6, 6.07) is 9.68. The van der Waals surface area contributed by atoms with Gasteiger partial charge in [-0.25, -0.2) is 0 Å². The van der Waals surface area contributed by atoms with Crippen LogP contribution in [0.2, 0.25) is 5.02 Å². The van der Waals surface area contributed by atoms with Crippen LogP contribution < -0.4 is 14.8 Å². The molecular formula is C20H22ClNO6. The first-order chi connectivity index (χ1) is 13.3. The van der Waals surface area contributed by atoms with Gasteiger partial charge in [0.15, 0.2) is 17.6 Å². The highest BCUT2D eigenvalue weighted by atomic mass is 35.5. The highest BCUT2D eigenvalue weighted by Crippen LogP contribution is 2.28. The lowest BCUT2D eigenvalue weighted by atomic mass is 10.1. The molecule has 1 unspecified atom stereocenters. The Labute approximate surface area is 168 Å². The van der Waals surface area contributed by atoms with Gasteiger partial charge >= 0.3 is 5.97 Å². The number of hydrogen-bond acceptors (Lipinski definition) is 6. The zero-order valence-corrected chi connectivity index (χ0v) is 16.6. The molecule has 2 N–H and O–H groups in total. The Hall–Kier alpha value is -2.93. The van der Waals surface area contributed by atoms with Crippen LogP contribution in [0.1, 0.15) is 18.9 Å². The highest BCUT2D eigenvalue weighted by molar-refractivity contribution is 6.31. The molecule has 0 fully saturated rings. The second-order valence-electron chi connectivity index (χ2n) is 5.97. The smallest absolute Gasteiger partial charge is 0.306 e. The number of benzene rings is 2. The Morgan fingerprint density at radius 1 is 1.11 bits per heavy atom. The number of hydrogen-bond donors (Lipinski definition) is 2. The van der Waals surface area contributed by atoms with Crippen LogP contribution in [0.4, 0.5) is 5.69 Å². The molecule has 2 aromatic rings. The number of rotatable bonds is 8. The number of nitrogens with one attached hydrogen (secondary N) is 1. The summed E-state index contributed by atoms with van der Waals surface area (Å²) in [6.07, 6.45) is -0.586. The second kappa shape index (κ2) is 9.85. The minimum atomic E-state index is -1.000. The molecule has 2 rings (SSSR count). The number of phenols is 1. The van der Waals surface area contributed by atoms with Gasteiger partial charge in [-0.1, -0.05) is 17.7 Å². The van der Waals surface area contributed by atoms with Gasteiger partial charge in [0.05, 0.1) is 19.9 Å². The summed E-state index contributed by atoms with van der Waals surface area (Å²) in [7, 11) is 2.93. The number of phenolic OH excluding ortho intramolecular Hbond substituents is 1. The van der Waals surface area contributed by atoms with E-state index in [9.17, 15) is 14.7 Å². The van der Waals surface area contributed by atoms with E-state index in [0.717, 1.165) is 5.56 Å². The Bertz CT molecular complexity index is 855. The molecule has 2 aromatic carbocycles. The maximum atomic E-state index is 12.3. The molecule has 1 atom stereocenters. The number of carbonyl (C=O) groups is 2. The van der Waals surface area contributed by atoms with Gasteiger partial charge in [-0.2, -0.15) is 0 Å². The quantitative estimate of drug-likeness (QED) is 0.650. The fourth-order valence-corrected chi connectivity index (χ4v) is 2.63. The van der Waals surface area contributed by atoms with Crippen molar-refractivity contribution in [2.45, 2.75) is 25.9 Å². The number of ether oxygens (including phenoxy) is 3. The topological polar surface area (TPSA) is 94.1 Å². The van der Waals surface area contributed by atoms with Crippen LogP contribution in [-0.4, -0.2) is 37.3 Å². The van der Waals surface area contributed by atoms with Crippen molar-refractivity contribution in [3.05, 3.63) is 47.0 Å². The van der Waals surface area contributed by atoms with Crippen molar-refractivity contribution in [3.63, 3.8) is 0 Å². The van der Waals surface area contributed by atoms with Crippen molar-refractivity contribution in [3.8, 4) is 17.2 Å². The fraction of sp³-hybridized carbons (Fsp3) is 0.300. The van der Waals surface area contributed by atoms with E-state index in [0.29, 0.717) is 28.6 Å². The third-order valence-electron chi connectivity index (χ3n) is 3.96. The van der Waals surface area contributed by atoms with E-state index in [1.165, 1.54) is 27.2 Å². The largest absolute Gasteiger partial charge is 0.504 e. The third kappa shape index (κ3) is 5.79. The molecule has 0 spiro atoms. The van der Waals surface area contributed by atoms with Gasteiger partial charge in [0.2, 0.25) is 0 Å². The Balaban J connectivity index is 1.88. The van der Waals surface area contributed by atoms with Crippen molar-refractivity contribution in [2.24, 2.45) is 0 Å². The first kappa shape index (κ1) is 21.4. The van der Waals surface area contributed by atoms with Gasteiger partial charge in [0, 0.05) is 11.4 Å². The first-order valence-corrected chi connectivity index (χ1v) is 8.91. The molecule has 0 aliphatic heterocycles. The molecule has 0 heterocycles. The minimum Gasteiger partial charge on any atom is -0.504 e. The minimum absolute atomic E-state index is 0.00316. The number of halogens is 1. The molecule has 0 aliphatic carbocycles. The summed E-state index contributed by atoms with van der Waals surface area (Å²) in [6.45, 7) is 1.48. The highest BCUT2D eigenvalue weighted by Gasteiger charge is 2.19. The molecule has 0 saturated heterocycles. The van der Waals surface area contributed by atoms with Crippen molar-refractivity contribution in [2.75, 3.05) is 19.5 Å². The maximum Gasteiger partial charge on any atom is 0.306 e. The normalized spacial score (nSPS) is 11.4. The van der Waals surface area contributed by atoms with Crippen molar-refractivity contribution < 1.29 is 28.9 Å². The number of esters is 1. The third-order valence-corrected chi connectivity index (χ3v) is 4.19. The summed E-state index contributed by atoms with van der Waals surface area (Å²) in [5.74, 6) is -0.243. The molecule has 150 valence electrons. The second-order valence-corrected chi connectivity index (χ2v) is 6.41. The van der Waals surface area contributed by atoms with Gasteiger partial charge in [-0.15, -0.1) is 0 Å². The zero-order chi connectivity index (χ0) is 20.7. The van der Waals surface area contributed by atoms with E-state index in [1.54, 1.807) is 30.3 Å². The van der Waals surface area contributed by atoms with E-state index in [2.05, 4.69) is 5.32 Å². The van der Waals surface area contributed by atoms with Crippen LogP contribution in [0.5, 0.6) is 17.2 Å². The van der Waals surface area contributed by atoms with Gasteiger partial charge in [0.25, 0.3) is 5.91 Å². The van der Waals surface area contributed by atoms with E-state index in [1.807, 2.05) is 0 Å². The summed E-state index contributed by atoms with van der Waals surface area (Å²) in [5.41, 5.74) is 1.13. The van der Waals surface area contributed by atoms with Crippen molar-refractivity contribution >= 4 is 29.2 Å². The first-order valence-electron chi connectivity index (χ1n) is 8.53. The van der Waals surface area contributed by atoms with Gasteiger partial charge in [0.1, 0.15) is 5.75 Å². The van der Waals surface area contributed by atoms with Crippen molar-refractivity contribution in [1.29, 1.82) is 0 Å². The standard InChI is InChI=1S/C20H22ClNO6/c1-12(20(25)22-15-11-14(21)6-8-17(15)26-2)28-19(24)9-5-13-4-7-18(27-3)16(23)10-13/h4,6-8,10-12,23H,5,9H2,1-3H3,(H,22,25). The molecule has 28 heavy (non-hydrogen) atoms. The van der Waals surface area contributed by atoms with E-state index >= 15 is 0 Å². The monoisotopic (exact) mass is 407 g/mol. The van der Waals surface area contributed by atoms with Crippen LogP contribution in [-0.2, 0) is 20.7 Å². The predicted octanol–water partition coefficient (Wildman–Crippen LogP) is 3.57. The van der Waals surface area contributed by atoms with Crippen molar-refractivity contribution in [1.82, 2.24) is 0 Å². The summed E-state index contributed by atoms with van der Waals surface area (Å²) >= 11 is 5.93. The number of methoxy groups -OCH3 is 2. The Morgan fingerprint density at radius 3 is 2.43 bits per heavy atom. The van der Waals surface area contributed by atoms with E-state index in [-0.39, 0.29) is 12.2 Å². The van der Waals surface area contributed by atoms with E-state index < -0.39 is 18.0 Å². The van der Waals surface area contributed by atoms with Gasteiger partial charge < -0.3 is 24.6 Å². The summed E-state index contributed by atoms with van der Waals surface area (Å²) in [5, 5.41) is 12.8. The summed E-state index contributed by atoms with van der Waals surface area (Å²) < 4.78 is 15.3. The van der Waals surface area contributed by atoms with E-state index in [4.69, 9.17) is 25.8 Å². The molecule has 7 nitrogen and oxygen atoms in total. The summed E-state index contributed by atoms with van der Waals surface area (Å²) in [4.78, 5) is 24.3. The Kier molecular flexibility index (Phi) is 7.52. The average Bonchev–Trinajstić information content (AvgIpc) is 2.66. The molecule has 0 radical (unpaired) electrons. The lowest BCUT2D eigenvalue weighted by molar-refractivity contribution is -0.153. The maximum absolute atomic E-state index is 12.3. The SMILES string of the molecule is COc1ccc(CCC(=O)OC(C)C(=O)Nc2cc(Cl)ccc2OC)cc1O. The average molecular weight is 408 g/mol. The fourth-order valence-electron chi connectivity index (χ4n) is 2.46. The van der Waals surface area contributed by atoms with Crippen LogP contribution in [0.3, 0.4) is 0 Å². The number of anilines is 1. The molecule has 0 aliphatic rings. The number of aryl methyl sites for hydroxylation is 1. The molecule has 0 saturated carbocycles. The number of aromatic hydroxyl groups is 1. The van der Waals surface area contributed by atoms with Gasteiger partial charge in [-0.05, 0) is 49.2 Å². The van der Waals surface area contributed by atoms with Crippen LogP contribution >= 0.6 is 11.6 Å². The Morgan fingerprint density at radius 2 is 1.79 bits per heavy atom. The molecule has 0 aromatic heterocycles.